The fourth-order valence-electron chi connectivity index (χ4n) is 2.25. The van der Waals surface area contributed by atoms with Gasteiger partial charge in [-0.3, -0.25) is 0 Å². The first-order chi connectivity index (χ1) is 7.66. The van der Waals surface area contributed by atoms with Crippen molar-refractivity contribution in [2.45, 2.75) is 13.8 Å². The van der Waals surface area contributed by atoms with Crippen LogP contribution < -0.4 is 0 Å². The van der Waals surface area contributed by atoms with Crippen molar-refractivity contribution in [3.05, 3.63) is 40.7 Å². The van der Waals surface area contributed by atoms with E-state index in [-0.39, 0.29) is 0 Å². The summed E-state index contributed by atoms with van der Waals surface area (Å²) in [5.74, 6) is 0. The molecule has 2 nitrogen and oxygen atoms in total. The zero-order valence-corrected chi connectivity index (χ0v) is 9.89. The molecule has 16 heavy (non-hydrogen) atoms. The van der Waals surface area contributed by atoms with Gasteiger partial charge in [0, 0.05) is 16.3 Å². The molecular weight excluding hydrogens is 220 g/mol. The van der Waals surface area contributed by atoms with Gasteiger partial charge in [-0.05, 0) is 31.5 Å². The second-order valence-electron chi connectivity index (χ2n) is 4.08. The first kappa shape index (κ1) is 9.67. The number of nitrogens with one attached hydrogen (secondary N) is 1. The van der Waals surface area contributed by atoms with Crippen LogP contribution in [0.3, 0.4) is 0 Å². The highest BCUT2D eigenvalue weighted by atomic mass is 35.5. The number of nitrogens with zero attached hydrogens (tertiary/aromatic N) is 1. The maximum absolute atomic E-state index is 6.01. The van der Waals surface area contributed by atoms with Gasteiger partial charge in [0.2, 0.25) is 0 Å². The molecule has 0 aliphatic heterocycles. The van der Waals surface area contributed by atoms with Gasteiger partial charge in [0.15, 0.2) is 0 Å². The largest absolute Gasteiger partial charge is 0.353 e. The van der Waals surface area contributed by atoms with E-state index >= 15 is 0 Å². The van der Waals surface area contributed by atoms with E-state index in [0.29, 0.717) is 5.15 Å². The second-order valence-corrected chi connectivity index (χ2v) is 4.46. The minimum absolute atomic E-state index is 0.550. The van der Waals surface area contributed by atoms with Crippen molar-refractivity contribution in [2.24, 2.45) is 0 Å². The van der Waals surface area contributed by atoms with Gasteiger partial charge in [0.25, 0.3) is 0 Å². The molecule has 1 N–H and O–H groups in total. The van der Waals surface area contributed by atoms with Crippen molar-refractivity contribution >= 4 is 33.4 Å². The zero-order valence-electron chi connectivity index (χ0n) is 9.13. The van der Waals surface area contributed by atoms with Gasteiger partial charge in [-0.25, -0.2) is 4.98 Å². The predicted octanol–water partition coefficient (Wildman–Crippen LogP) is 3.99. The number of aromatic amines is 1. The van der Waals surface area contributed by atoms with Crippen LogP contribution in [0.5, 0.6) is 0 Å². The lowest BCUT2D eigenvalue weighted by atomic mass is 10.1. The Kier molecular flexibility index (Phi) is 1.95. The topological polar surface area (TPSA) is 28.7 Å². The predicted molar refractivity (Wildman–Crippen MR) is 68.1 cm³/mol. The van der Waals surface area contributed by atoms with E-state index in [9.17, 15) is 0 Å². The Bertz CT molecular complexity index is 698. The Balaban J connectivity index is 2.63. The Labute approximate surface area is 98.3 Å². The minimum atomic E-state index is 0.550. The smallest absolute Gasteiger partial charge is 0.130 e. The maximum atomic E-state index is 6.01. The first-order valence-corrected chi connectivity index (χ1v) is 5.59. The lowest BCUT2D eigenvalue weighted by Crippen LogP contribution is -1.83. The highest BCUT2D eigenvalue weighted by molar-refractivity contribution is 6.30. The van der Waals surface area contributed by atoms with Gasteiger partial charge >= 0.3 is 0 Å². The van der Waals surface area contributed by atoms with E-state index in [0.717, 1.165) is 22.1 Å². The maximum Gasteiger partial charge on any atom is 0.130 e. The lowest BCUT2D eigenvalue weighted by molar-refractivity contribution is 1.22. The SMILES string of the molecule is Cc1nc(Cl)cc2c1[nH]c1cccc(C)c12. The van der Waals surface area contributed by atoms with Gasteiger partial charge in [-0.1, -0.05) is 23.7 Å². The minimum Gasteiger partial charge on any atom is -0.353 e. The molecular formula is C13H11ClN2. The Morgan fingerprint density at radius 2 is 2.06 bits per heavy atom. The third-order valence-corrected chi connectivity index (χ3v) is 3.16. The van der Waals surface area contributed by atoms with Crippen LogP contribution in [0, 0.1) is 13.8 Å². The fourth-order valence-corrected chi connectivity index (χ4v) is 2.49. The van der Waals surface area contributed by atoms with Crippen molar-refractivity contribution in [3.63, 3.8) is 0 Å². The summed E-state index contributed by atoms with van der Waals surface area (Å²) in [6.07, 6.45) is 0. The third kappa shape index (κ3) is 1.23. The number of pyridine rings is 1. The molecule has 3 heteroatoms. The molecule has 0 bridgehead atoms. The average Bonchev–Trinajstić information content (AvgIpc) is 2.58. The van der Waals surface area contributed by atoms with Gasteiger partial charge in [0.05, 0.1) is 11.2 Å². The van der Waals surface area contributed by atoms with Crippen LogP contribution in [0.25, 0.3) is 21.8 Å². The van der Waals surface area contributed by atoms with Gasteiger partial charge in [-0.15, -0.1) is 0 Å². The summed E-state index contributed by atoms with van der Waals surface area (Å²) < 4.78 is 0. The van der Waals surface area contributed by atoms with Crippen molar-refractivity contribution in [1.82, 2.24) is 9.97 Å². The summed E-state index contributed by atoms with van der Waals surface area (Å²) in [6, 6.07) is 8.17. The van der Waals surface area contributed by atoms with E-state index in [1.54, 1.807) is 0 Å². The van der Waals surface area contributed by atoms with Crippen LogP contribution in [0.4, 0.5) is 0 Å². The van der Waals surface area contributed by atoms with E-state index in [2.05, 4.69) is 35.1 Å². The van der Waals surface area contributed by atoms with Crippen molar-refractivity contribution in [1.29, 1.82) is 0 Å². The molecule has 3 rings (SSSR count). The molecule has 0 saturated carbocycles. The lowest BCUT2D eigenvalue weighted by Gasteiger charge is -1.98. The molecule has 0 aliphatic rings. The summed E-state index contributed by atoms with van der Waals surface area (Å²) >= 11 is 6.01. The number of benzene rings is 1. The van der Waals surface area contributed by atoms with E-state index in [1.807, 2.05) is 13.0 Å². The molecule has 0 fully saturated rings. The molecule has 0 radical (unpaired) electrons. The number of aromatic nitrogens is 2. The van der Waals surface area contributed by atoms with Crippen molar-refractivity contribution in [2.75, 3.05) is 0 Å². The van der Waals surface area contributed by atoms with E-state index in [1.165, 1.54) is 10.9 Å². The number of rotatable bonds is 0. The summed E-state index contributed by atoms with van der Waals surface area (Å²) in [4.78, 5) is 7.65. The molecule has 80 valence electrons. The van der Waals surface area contributed by atoms with E-state index < -0.39 is 0 Å². The number of aryl methyl sites for hydroxylation is 2. The standard InChI is InChI=1S/C13H11ClN2/c1-7-4-3-5-10-12(7)9-6-11(14)15-8(2)13(9)16-10/h3-6,16H,1-2H3. The summed E-state index contributed by atoms with van der Waals surface area (Å²) in [7, 11) is 0. The normalized spacial score (nSPS) is 11.4. The Morgan fingerprint density at radius 1 is 1.25 bits per heavy atom. The number of hydrogen-bond acceptors (Lipinski definition) is 1. The third-order valence-electron chi connectivity index (χ3n) is 2.97. The molecule has 1 aromatic carbocycles. The molecule has 2 heterocycles. The molecule has 0 amide bonds. The van der Waals surface area contributed by atoms with Crippen LogP contribution >= 0.6 is 11.6 Å². The van der Waals surface area contributed by atoms with Crippen molar-refractivity contribution in [3.8, 4) is 0 Å². The molecule has 0 aliphatic carbocycles. The average molecular weight is 231 g/mol. The molecule has 0 atom stereocenters. The van der Waals surface area contributed by atoms with Gasteiger partial charge in [-0.2, -0.15) is 0 Å². The van der Waals surface area contributed by atoms with Crippen LogP contribution in [0.2, 0.25) is 5.15 Å². The first-order valence-electron chi connectivity index (χ1n) is 5.21. The summed E-state index contributed by atoms with van der Waals surface area (Å²) in [5.41, 5.74) is 4.42. The van der Waals surface area contributed by atoms with E-state index in [4.69, 9.17) is 11.6 Å². The highest BCUT2D eigenvalue weighted by Crippen LogP contribution is 2.30. The quantitative estimate of drug-likeness (QED) is 0.582. The van der Waals surface area contributed by atoms with Crippen LogP contribution in [0.1, 0.15) is 11.3 Å². The molecule has 0 unspecified atom stereocenters. The number of halogens is 1. The monoisotopic (exact) mass is 230 g/mol. The highest BCUT2D eigenvalue weighted by Gasteiger charge is 2.09. The molecule has 3 aromatic rings. The fraction of sp³-hybridized carbons (Fsp3) is 0.154. The molecule has 0 spiro atoms. The Morgan fingerprint density at radius 3 is 2.88 bits per heavy atom. The summed E-state index contributed by atoms with van der Waals surface area (Å²) in [5, 5.41) is 2.95. The zero-order chi connectivity index (χ0) is 11.3. The second kappa shape index (κ2) is 3.22. The van der Waals surface area contributed by atoms with Crippen LogP contribution in [-0.4, -0.2) is 9.97 Å². The number of hydrogen-bond donors (Lipinski definition) is 1. The Hall–Kier alpha value is -1.54. The van der Waals surface area contributed by atoms with Crippen LogP contribution in [-0.2, 0) is 0 Å². The number of fused-ring (bicyclic) bond motifs is 3. The number of H-pyrrole nitrogens is 1. The molecule has 2 aromatic heterocycles. The molecule has 0 saturated heterocycles. The van der Waals surface area contributed by atoms with Gasteiger partial charge in [0.1, 0.15) is 5.15 Å². The summed E-state index contributed by atoms with van der Waals surface area (Å²) in [6.45, 7) is 4.08. The van der Waals surface area contributed by atoms with Crippen LogP contribution in [0.15, 0.2) is 24.3 Å². The van der Waals surface area contributed by atoms with Crippen molar-refractivity contribution < 1.29 is 0 Å². The van der Waals surface area contributed by atoms with Gasteiger partial charge < -0.3 is 4.98 Å².